The summed E-state index contributed by atoms with van der Waals surface area (Å²) in [7, 11) is 0. The molecule has 2 heteroatoms. The van der Waals surface area contributed by atoms with E-state index in [9.17, 15) is 0 Å². The van der Waals surface area contributed by atoms with E-state index < -0.39 is 0 Å². The molecule has 0 amide bonds. The van der Waals surface area contributed by atoms with Crippen molar-refractivity contribution in [2.24, 2.45) is 11.8 Å². The van der Waals surface area contributed by atoms with Crippen molar-refractivity contribution >= 4 is 15.9 Å². The lowest BCUT2D eigenvalue weighted by molar-refractivity contribution is 0.223. The minimum absolute atomic E-state index is 0.438. The van der Waals surface area contributed by atoms with Crippen molar-refractivity contribution in [3.63, 3.8) is 0 Å². The largest absolute Gasteiger partial charge is 0.307 e. The summed E-state index contributed by atoms with van der Waals surface area (Å²) in [6.07, 6.45) is 5.48. The third-order valence-electron chi connectivity index (χ3n) is 4.49. The highest BCUT2D eigenvalue weighted by atomic mass is 79.9. The molecule has 0 aliphatic heterocycles. The third kappa shape index (κ3) is 4.32. The minimum Gasteiger partial charge on any atom is -0.307 e. The van der Waals surface area contributed by atoms with Crippen molar-refractivity contribution in [2.75, 3.05) is 0 Å². The molecule has 1 saturated carbocycles. The molecule has 1 aliphatic rings. The van der Waals surface area contributed by atoms with Crippen LogP contribution in [0.3, 0.4) is 0 Å². The molecular weight excluding hydrogens is 298 g/mol. The molecule has 106 valence electrons. The van der Waals surface area contributed by atoms with E-state index in [1.165, 1.54) is 35.7 Å². The first-order valence-electron chi connectivity index (χ1n) is 7.57. The smallest absolute Gasteiger partial charge is 0.0294 e. The summed E-state index contributed by atoms with van der Waals surface area (Å²) >= 11 is 3.56. The second kappa shape index (κ2) is 6.90. The summed E-state index contributed by atoms with van der Waals surface area (Å²) in [5.41, 5.74) is 1.38. The molecule has 1 aromatic rings. The van der Waals surface area contributed by atoms with E-state index in [0.29, 0.717) is 12.1 Å². The Balaban J connectivity index is 1.93. The number of rotatable bonds is 4. The van der Waals surface area contributed by atoms with Gasteiger partial charge in [0.15, 0.2) is 0 Å². The molecule has 0 heterocycles. The van der Waals surface area contributed by atoms with Gasteiger partial charge in [0.1, 0.15) is 0 Å². The molecular formula is C17H26BrN. The van der Waals surface area contributed by atoms with Gasteiger partial charge in [0.2, 0.25) is 0 Å². The van der Waals surface area contributed by atoms with Crippen LogP contribution in [0.4, 0.5) is 0 Å². The van der Waals surface area contributed by atoms with Crippen LogP contribution in [0, 0.1) is 11.8 Å². The SMILES string of the molecule is CC(C)C1CCCC(N[C@@H](C)c2cccc(Br)c2)C1. The summed E-state index contributed by atoms with van der Waals surface area (Å²) in [5, 5.41) is 3.83. The fourth-order valence-corrected chi connectivity index (χ4v) is 3.63. The lowest BCUT2D eigenvalue weighted by atomic mass is 9.79. The van der Waals surface area contributed by atoms with Crippen molar-refractivity contribution in [2.45, 2.75) is 58.5 Å². The van der Waals surface area contributed by atoms with Crippen LogP contribution in [0.15, 0.2) is 28.7 Å². The number of hydrogen-bond acceptors (Lipinski definition) is 1. The highest BCUT2D eigenvalue weighted by molar-refractivity contribution is 9.10. The lowest BCUT2D eigenvalue weighted by Gasteiger charge is -2.34. The molecule has 0 spiro atoms. The Labute approximate surface area is 126 Å². The summed E-state index contributed by atoms with van der Waals surface area (Å²) in [5.74, 6) is 1.73. The molecule has 3 atom stereocenters. The van der Waals surface area contributed by atoms with E-state index >= 15 is 0 Å². The zero-order valence-electron chi connectivity index (χ0n) is 12.3. The van der Waals surface area contributed by atoms with Gasteiger partial charge in [0.05, 0.1) is 0 Å². The Morgan fingerprint density at radius 3 is 2.68 bits per heavy atom. The number of hydrogen-bond donors (Lipinski definition) is 1. The Bertz CT molecular complexity index is 402. The second-order valence-electron chi connectivity index (χ2n) is 6.31. The zero-order valence-corrected chi connectivity index (χ0v) is 13.9. The van der Waals surface area contributed by atoms with Gasteiger partial charge in [-0.15, -0.1) is 0 Å². The Hall–Kier alpha value is -0.340. The van der Waals surface area contributed by atoms with Gasteiger partial charge in [-0.05, 0) is 49.3 Å². The number of halogens is 1. The molecule has 0 aromatic heterocycles. The van der Waals surface area contributed by atoms with Crippen LogP contribution < -0.4 is 5.32 Å². The number of benzene rings is 1. The van der Waals surface area contributed by atoms with E-state index in [1.807, 2.05) is 0 Å². The van der Waals surface area contributed by atoms with Crippen LogP contribution in [-0.4, -0.2) is 6.04 Å². The average Bonchev–Trinajstić information content (AvgIpc) is 2.39. The molecule has 1 aromatic carbocycles. The van der Waals surface area contributed by atoms with E-state index in [2.05, 4.69) is 66.3 Å². The molecule has 2 unspecified atom stereocenters. The van der Waals surface area contributed by atoms with Gasteiger partial charge in [-0.3, -0.25) is 0 Å². The molecule has 19 heavy (non-hydrogen) atoms. The number of nitrogens with one attached hydrogen (secondary N) is 1. The standard InChI is InChI=1S/C17H26BrN/c1-12(2)14-6-5-9-17(11-14)19-13(3)15-7-4-8-16(18)10-15/h4,7-8,10,12-14,17,19H,5-6,9,11H2,1-3H3/t13-,14?,17?/m0/s1. The van der Waals surface area contributed by atoms with Crippen molar-refractivity contribution in [3.8, 4) is 0 Å². The maximum absolute atomic E-state index is 3.83. The Morgan fingerprint density at radius 1 is 1.21 bits per heavy atom. The van der Waals surface area contributed by atoms with E-state index in [0.717, 1.165) is 11.8 Å². The molecule has 2 rings (SSSR count). The molecule has 1 fully saturated rings. The molecule has 0 bridgehead atoms. The maximum Gasteiger partial charge on any atom is 0.0294 e. The topological polar surface area (TPSA) is 12.0 Å². The second-order valence-corrected chi connectivity index (χ2v) is 7.23. The third-order valence-corrected chi connectivity index (χ3v) is 4.99. The Morgan fingerprint density at radius 2 is 2.00 bits per heavy atom. The van der Waals surface area contributed by atoms with Crippen LogP contribution >= 0.6 is 15.9 Å². The predicted molar refractivity (Wildman–Crippen MR) is 86.3 cm³/mol. The first kappa shape index (κ1) is 15.1. The van der Waals surface area contributed by atoms with Gasteiger partial charge in [-0.1, -0.05) is 54.8 Å². The van der Waals surface area contributed by atoms with Crippen molar-refractivity contribution in [1.82, 2.24) is 5.32 Å². The first-order chi connectivity index (χ1) is 9.06. The van der Waals surface area contributed by atoms with Gasteiger partial charge < -0.3 is 5.32 Å². The normalized spacial score (nSPS) is 25.5. The highest BCUT2D eigenvalue weighted by Crippen LogP contribution is 2.31. The predicted octanol–water partition coefficient (Wildman–Crippen LogP) is 5.31. The zero-order chi connectivity index (χ0) is 13.8. The van der Waals surface area contributed by atoms with Crippen LogP contribution in [0.5, 0.6) is 0 Å². The monoisotopic (exact) mass is 323 g/mol. The van der Waals surface area contributed by atoms with Crippen LogP contribution in [0.2, 0.25) is 0 Å². The minimum atomic E-state index is 0.438. The first-order valence-corrected chi connectivity index (χ1v) is 8.37. The summed E-state index contributed by atoms with van der Waals surface area (Å²) in [6, 6.07) is 9.77. The van der Waals surface area contributed by atoms with E-state index in [-0.39, 0.29) is 0 Å². The van der Waals surface area contributed by atoms with Crippen molar-refractivity contribution in [1.29, 1.82) is 0 Å². The summed E-state index contributed by atoms with van der Waals surface area (Å²) in [6.45, 7) is 7.01. The van der Waals surface area contributed by atoms with Crippen molar-refractivity contribution < 1.29 is 0 Å². The molecule has 1 nitrogen and oxygen atoms in total. The Kier molecular flexibility index (Phi) is 5.47. The van der Waals surface area contributed by atoms with Crippen LogP contribution in [0.25, 0.3) is 0 Å². The van der Waals surface area contributed by atoms with Crippen LogP contribution in [-0.2, 0) is 0 Å². The van der Waals surface area contributed by atoms with Gasteiger partial charge in [-0.25, -0.2) is 0 Å². The molecule has 1 N–H and O–H groups in total. The van der Waals surface area contributed by atoms with E-state index in [4.69, 9.17) is 0 Å². The molecule has 0 saturated heterocycles. The van der Waals surface area contributed by atoms with E-state index in [1.54, 1.807) is 0 Å². The van der Waals surface area contributed by atoms with Crippen LogP contribution in [0.1, 0.15) is 58.1 Å². The average molecular weight is 324 g/mol. The van der Waals surface area contributed by atoms with Gasteiger partial charge in [0, 0.05) is 16.6 Å². The highest BCUT2D eigenvalue weighted by Gasteiger charge is 2.25. The lowest BCUT2D eigenvalue weighted by Crippen LogP contribution is -2.37. The summed E-state index contributed by atoms with van der Waals surface area (Å²) in [4.78, 5) is 0. The maximum atomic E-state index is 3.83. The molecule has 1 aliphatic carbocycles. The molecule has 0 radical (unpaired) electrons. The fraction of sp³-hybridized carbons (Fsp3) is 0.647. The van der Waals surface area contributed by atoms with Gasteiger partial charge in [0.25, 0.3) is 0 Å². The van der Waals surface area contributed by atoms with Gasteiger partial charge in [-0.2, -0.15) is 0 Å². The van der Waals surface area contributed by atoms with Gasteiger partial charge >= 0.3 is 0 Å². The summed E-state index contributed by atoms with van der Waals surface area (Å²) < 4.78 is 1.17. The van der Waals surface area contributed by atoms with Crippen molar-refractivity contribution in [3.05, 3.63) is 34.3 Å². The fourth-order valence-electron chi connectivity index (χ4n) is 3.21. The quantitative estimate of drug-likeness (QED) is 0.791.